The molecule has 0 aliphatic carbocycles. The molecule has 0 unspecified atom stereocenters. The number of aromatic amines is 1. The summed E-state index contributed by atoms with van der Waals surface area (Å²) < 4.78 is 1.46. The van der Waals surface area contributed by atoms with Crippen LogP contribution in [-0.2, 0) is 7.05 Å². The second-order valence-corrected chi connectivity index (χ2v) is 5.03. The van der Waals surface area contributed by atoms with Gasteiger partial charge in [0.1, 0.15) is 0 Å². The third-order valence-electron chi connectivity index (χ3n) is 2.10. The van der Waals surface area contributed by atoms with E-state index in [1.807, 2.05) is 13.8 Å². The summed E-state index contributed by atoms with van der Waals surface area (Å²) in [5.74, 6) is 0.776. The minimum Gasteiger partial charge on any atom is -0.273 e. The van der Waals surface area contributed by atoms with Gasteiger partial charge in [-0.05, 0) is 20.3 Å². The summed E-state index contributed by atoms with van der Waals surface area (Å²) in [7, 11) is 1.67. The zero-order valence-corrected chi connectivity index (χ0v) is 9.89. The van der Waals surface area contributed by atoms with Crippen molar-refractivity contribution in [3.8, 4) is 6.07 Å². The second kappa shape index (κ2) is 4.53. The molecule has 1 aromatic heterocycles. The van der Waals surface area contributed by atoms with Crippen molar-refractivity contribution in [2.24, 2.45) is 12.5 Å². The van der Waals surface area contributed by atoms with Gasteiger partial charge in [0.2, 0.25) is 0 Å². The molecule has 1 N–H and O–H groups in total. The molecule has 0 amide bonds. The zero-order chi connectivity index (χ0) is 11.5. The summed E-state index contributed by atoms with van der Waals surface area (Å²) in [6.45, 7) is 3.80. The topological polar surface area (TPSA) is 74.5 Å². The number of rotatable bonds is 4. The van der Waals surface area contributed by atoms with E-state index in [4.69, 9.17) is 5.26 Å². The van der Waals surface area contributed by atoms with E-state index >= 15 is 0 Å². The fourth-order valence-electron chi connectivity index (χ4n) is 0.915. The van der Waals surface area contributed by atoms with Gasteiger partial charge in [0.25, 0.3) is 0 Å². The van der Waals surface area contributed by atoms with Crippen molar-refractivity contribution in [1.29, 1.82) is 5.26 Å². The van der Waals surface area contributed by atoms with E-state index in [0.717, 1.165) is 12.2 Å². The number of nitrogens with zero attached hydrogens (tertiary/aromatic N) is 3. The average molecular weight is 226 g/mol. The number of nitriles is 1. The van der Waals surface area contributed by atoms with Crippen LogP contribution in [0.15, 0.2) is 9.95 Å². The van der Waals surface area contributed by atoms with Crippen LogP contribution in [0, 0.1) is 16.7 Å². The van der Waals surface area contributed by atoms with Crippen LogP contribution in [0.4, 0.5) is 0 Å². The molecule has 0 radical (unpaired) electrons. The molecule has 15 heavy (non-hydrogen) atoms. The van der Waals surface area contributed by atoms with E-state index in [-0.39, 0.29) is 11.1 Å². The average Bonchev–Trinajstić information content (AvgIpc) is 2.49. The van der Waals surface area contributed by atoms with Crippen molar-refractivity contribution in [2.45, 2.75) is 25.4 Å². The molecule has 1 aromatic rings. The molecule has 1 rings (SSSR count). The summed E-state index contributed by atoms with van der Waals surface area (Å²) in [4.78, 5) is 11.0. The van der Waals surface area contributed by atoms with Crippen molar-refractivity contribution < 1.29 is 0 Å². The van der Waals surface area contributed by atoms with Crippen molar-refractivity contribution in [1.82, 2.24) is 14.8 Å². The van der Waals surface area contributed by atoms with Crippen LogP contribution in [0.1, 0.15) is 20.3 Å². The Morgan fingerprint density at radius 3 is 2.80 bits per heavy atom. The highest BCUT2D eigenvalue weighted by molar-refractivity contribution is 7.99. The Kier molecular flexibility index (Phi) is 3.58. The maximum absolute atomic E-state index is 11.0. The molecule has 0 bridgehead atoms. The van der Waals surface area contributed by atoms with Gasteiger partial charge in [-0.1, -0.05) is 11.8 Å². The molecule has 0 fully saturated rings. The normalized spacial score (nSPS) is 11.3. The minimum absolute atomic E-state index is 0.211. The van der Waals surface area contributed by atoms with E-state index in [9.17, 15) is 4.79 Å². The maximum Gasteiger partial charge on any atom is 0.343 e. The van der Waals surface area contributed by atoms with Crippen LogP contribution in [0.2, 0.25) is 0 Å². The highest BCUT2D eigenvalue weighted by atomic mass is 32.2. The number of H-pyrrole nitrogens is 1. The lowest BCUT2D eigenvalue weighted by Gasteiger charge is -2.13. The molecule has 0 saturated carbocycles. The van der Waals surface area contributed by atoms with Gasteiger partial charge < -0.3 is 0 Å². The van der Waals surface area contributed by atoms with Gasteiger partial charge >= 0.3 is 5.69 Å². The molecule has 0 aliphatic rings. The van der Waals surface area contributed by atoms with E-state index in [1.54, 1.807) is 7.05 Å². The number of thioether (sulfide) groups is 1. The molecule has 0 atom stereocenters. The standard InChI is InChI=1S/C9H14N4OS/c1-9(2,6-10)4-5-15-8-12-11-7(14)13(8)3/h4-5H2,1-3H3,(H,11,14). The second-order valence-electron chi connectivity index (χ2n) is 3.96. The van der Waals surface area contributed by atoms with Crippen LogP contribution < -0.4 is 5.69 Å². The van der Waals surface area contributed by atoms with Crippen molar-refractivity contribution >= 4 is 11.8 Å². The third kappa shape index (κ3) is 3.13. The Labute approximate surface area is 92.5 Å². The molecular formula is C9H14N4OS. The smallest absolute Gasteiger partial charge is 0.273 e. The van der Waals surface area contributed by atoms with E-state index < -0.39 is 0 Å². The van der Waals surface area contributed by atoms with Crippen molar-refractivity contribution in [2.75, 3.05) is 5.75 Å². The Morgan fingerprint density at radius 1 is 1.67 bits per heavy atom. The van der Waals surface area contributed by atoms with Gasteiger partial charge in [0.05, 0.1) is 11.5 Å². The van der Waals surface area contributed by atoms with Crippen LogP contribution >= 0.6 is 11.8 Å². The minimum atomic E-state index is -0.317. The first-order valence-electron chi connectivity index (χ1n) is 4.62. The van der Waals surface area contributed by atoms with Crippen LogP contribution in [-0.4, -0.2) is 20.5 Å². The molecular weight excluding hydrogens is 212 g/mol. The first kappa shape index (κ1) is 11.9. The predicted molar refractivity (Wildman–Crippen MR) is 58.6 cm³/mol. The zero-order valence-electron chi connectivity index (χ0n) is 9.07. The molecule has 0 aliphatic heterocycles. The molecule has 6 heteroatoms. The number of nitrogens with one attached hydrogen (secondary N) is 1. The van der Waals surface area contributed by atoms with Crippen molar-refractivity contribution in [3.63, 3.8) is 0 Å². The number of hydrogen-bond donors (Lipinski definition) is 1. The highest BCUT2D eigenvalue weighted by Gasteiger charge is 2.16. The molecule has 1 heterocycles. The Balaban J connectivity index is 2.50. The summed E-state index contributed by atoms with van der Waals surface area (Å²) in [5.41, 5.74) is -0.528. The molecule has 0 aromatic carbocycles. The van der Waals surface area contributed by atoms with Crippen LogP contribution in [0.25, 0.3) is 0 Å². The monoisotopic (exact) mass is 226 g/mol. The van der Waals surface area contributed by atoms with E-state index in [1.165, 1.54) is 16.3 Å². The molecule has 5 nitrogen and oxygen atoms in total. The maximum atomic E-state index is 11.0. The van der Waals surface area contributed by atoms with Gasteiger partial charge in [0, 0.05) is 12.8 Å². The van der Waals surface area contributed by atoms with Gasteiger partial charge in [0.15, 0.2) is 5.16 Å². The fraction of sp³-hybridized carbons (Fsp3) is 0.667. The molecule has 0 saturated heterocycles. The fourth-order valence-corrected chi connectivity index (χ4v) is 2.10. The molecule has 82 valence electrons. The number of aromatic nitrogens is 3. The largest absolute Gasteiger partial charge is 0.343 e. The SMILES string of the molecule is Cn1c(SCCC(C)(C)C#N)n[nH]c1=O. The first-order valence-corrected chi connectivity index (χ1v) is 5.60. The lowest BCUT2D eigenvalue weighted by molar-refractivity contribution is 0.481. The van der Waals surface area contributed by atoms with E-state index in [0.29, 0.717) is 5.16 Å². The summed E-state index contributed by atoms with van der Waals surface area (Å²) in [5, 5.41) is 15.7. The van der Waals surface area contributed by atoms with Crippen LogP contribution in [0.3, 0.4) is 0 Å². The third-order valence-corrected chi connectivity index (χ3v) is 3.13. The van der Waals surface area contributed by atoms with Gasteiger partial charge in [-0.25, -0.2) is 9.89 Å². The van der Waals surface area contributed by atoms with E-state index in [2.05, 4.69) is 16.3 Å². The summed E-state index contributed by atoms with van der Waals surface area (Å²) >= 11 is 1.48. The Hall–Kier alpha value is -1.22. The Morgan fingerprint density at radius 2 is 2.33 bits per heavy atom. The van der Waals surface area contributed by atoms with Gasteiger partial charge in [-0.15, -0.1) is 5.10 Å². The van der Waals surface area contributed by atoms with Crippen LogP contribution in [0.5, 0.6) is 0 Å². The Bertz CT molecular complexity index is 426. The summed E-state index contributed by atoms with van der Waals surface area (Å²) in [6, 6.07) is 2.24. The van der Waals surface area contributed by atoms with Crippen molar-refractivity contribution in [3.05, 3.63) is 10.5 Å². The highest BCUT2D eigenvalue weighted by Crippen LogP contribution is 2.23. The van der Waals surface area contributed by atoms with Gasteiger partial charge in [-0.2, -0.15) is 5.26 Å². The first-order chi connectivity index (χ1) is 6.96. The predicted octanol–water partition coefficient (Wildman–Crippen LogP) is 1.14. The van der Waals surface area contributed by atoms with Gasteiger partial charge in [-0.3, -0.25) is 4.57 Å². The molecule has 0 spiro atoms. The lowest BCUT2D eigenvalue weighted by atomic mass is 9.93. The quantitative estimate of drug-likeness (QED) is 0.781. The lowest BCUT2D eigenvalue weighted by Crippen LogP contribution is -2.13. The summed E-state index contributed by atoms with van der Waals surface area (Å²) in [6.07, 6.45) is 0.773. The number of hydrogen-bond acceptors (Lipinski definition) is 4.